The summed E-state index contributed by atoms with van der Waals surface area (Å²) in [7, 11) is 0. The summed E-state index contributed by atoms with van der Waals surface area (Å²) < 4.78 is 0. The summed E-state index contributed by atoms with van der Waals surface area (Å²) in [6.07, 6.45) is 6.75. The summed E-state index contributed by atoms with van der Waals surface area (Å²) >= 11 is 0. The van der Waals surface area contributed by atoms with Gasteiger partial charge in [0.1, 0.15) is 0 Å². The third-order valence-electron chi connectivity index (χ3n) is 2.31. The fourth-order valence-corrected chi connectivity index (χ4v) is 1.69. The molecule has 56 valence electrons. The van der Waals surface area contributed by atoms with Crippen LogP contribution in [-0.2, 0) is 12.8 Å². The monoisotopic (exact) mass is 144 g/mol. The molecule has 0 heterocycles. The molecule has 11 heavy (non-hydrogen) atoms. The van der Waals surface area contributed by atoms with E-state index in [1.54, 1.807) is 0 Å². The first-order valence-electron chi connectivity index (χ1n) is 4.19. The van der Waals surface area contributed by atoms with E-state index in [1.165, 1.54) is 16.7 Å². The molecule has 0 aromatic heterocycles. The molecule has 1 aliphatic carbocycles. The van der Waals surface area contributed by atoms with Crippen LogP contribution in [0.1, 0.15) is 23.6 Å². The van der Waals surface area contributed by atoms with Crippen LogP contribution in [0.15, 0.2) is 24.3 Å². The lowest BCUT2D eigenvalue weighted by molar-refractivity contribution is 1.09. The summed E-state index contributed by atoms with van der Waals surface area (Å²) in [6.45, 7) is 2.22. The van der Waals surface area contributed by atoms with Crippen molar-refractivity contribution in [2.75, 3.05) is 0 Å². The summed E-state index contributed by atoms with van der Waals surface area (Å²) in [4.78, 5) is 0. The molecule has 0 amide bonds. The normalized spacial score (nSPS) is 13.5. The molecule has 0 saturated heterocycles. The predicted molar refractivity (Wildman–Crippen MR) is 48.6 cm³/mol. The van der Waals surface area contributed by atoms with Gasteiger partial charge in [-0.25, -0.2) is 0 Å². The second kappa shape index (κ2) is 2.54. The summed E-state index contributed by atoms with van der Waals surface area (Å²) in [6, 6.07) is 6.57. The van der Waals surface area contributed by atoms with Crippen molar-refractivity contribution in [2.45, 2.75) is 19.8 Å². The zero-order chi connectivity index (χ0) is 7.68. The second-order valence-corrected chi connectivity index (χ2v) is 2.94. The van der Waals surface area contributed by atoms with E-state index >= 15 is 0 Å². The van der Waals surface area contributed by atoms with Gasteiger partial charge in [0.25, 0.3) is 0 Å². The lowest BCUT2D eigenvalue weighted by atomic mass is 10.0. The van der Waals surface area contributed by atoms with Crippen LogP contribution in [0.4, 0.5) is 0 Å². The van der Waals surface area contributed by atoms with Crippen LogP contribution in [-0.4, -0.2) is 0 Å². The molecule has 0 bridgehead atoms. The Kier molecular flexibility index (Phi) is 1.54. The van der Waals surface area contributed by atoms with Crippen LogP contribution >= 0.6 is 0 Å². The van der Waals surface area contributed by atoms with E-state index in [9.17, 15) is 0 Å². The Morgan fingerprint density at radius 3 is 3.09 bits per heavy atom. The maximum atomic E-state index is 2.24. The van der Waals surface area contributed by atoms with Crippen molar-refractivity contribution in [3.8, 4) is 0 Å². The summed E-state index contributed by atoms with van der Waals surface area (Å²) in [5.74, 6) is 0. The molecule has 1 aromatic carbocycles. The number of benzene rings is 1. The highest BCUT2D eigenvalue weighted by Crippen LogP contribution is 2.22. The second-order valence-electron chi connectivity index (χ2n) is 2.94. The first kappa shape index (κ1) is 6.66. The molecule has 0 atom stereocenters. The van der Waals surface area contributed by atoms with Gasteiger partial charge in [-0.2, -0.15) is 0 Å². The Bertz CT molecular complexity index is 295. The maximum Gasteiger partial charge on any atom is -0.00854 e. The molecular formula is C11H12. The van der Waals surface area contributed by atoms with Crippen LogP contribution in [0, 0.1) is 0 Å². The van der Waals surface area contributed by atoms with Crippen LogP contribution in [0.2, 0.25) is 0 Å². The Morgan fingerprint density at radius 2 is 2.27 bits per heavy atom. The van der Waals surface area contributed by atoms with Gasteiger partial charge in [-0.3, -0.25) is 0 Å². The topological polar surface area (TPSA) is 0 Å². The zero-order valence-corrected chi connectivity index (χ0v) is 6.80. The van der Waals surface area contributed by atoms with Gasteiger partial charge in [0.2, 0.25) is 0 Å². The molecule has 0 spiro atoms. The first-order chi connectivity index (χ1) is 5.42. The molecule has 1 aromatic rings. The quantitative estimate of drug-likeness (QED) is 0.568. The molecule has 0 saturated carbocycles. The van der Waals surface area contributed by atoms with Crippen LogP contribution in [0.3, 0.4) is 0 Å². The summed E-state index contributed by atoms with van der Waals surface area (Å²) in [5, 5.41) is 0. The van der Waals surface area contributed by atoms with Crippen molar-refractivity contribution in [3.05, 3.63) is 41.0 Å². The molecule has 1 aliphatic rings. The molecule has 0 fully saturated rings. The van der Waals surface area contributed by atoms with E-state index in [4.69, 9.17) is 0 Å². The van der Waals surface area contributed by atoms with Gasteiger partial charge in [0.05, 0.1) is 0 Å². The van der Waals surface area contributed by atoms with Crippen LogP contribution in [0.5, 0.6) is 0 Å². The van der Waals surface area contributed by atoms with E-state index < -0.39 is 0 Å². The molecule has 0 unspecified atom stereocenters. The van der Waals surface area contributed by atoms with E-state index in [2.05, 4.69) is 37.3 Å². The van der Waals surface area contributed by atoms with E-state index in [-0.39, 0.29) is 0 Å². The van der Waals surface area contributed by atoms with Crippen LogP contribution in [0.25, 0.3) is 6.08 Å². The number of aryl methyl sites for hydroxylation is 1. The minimum atomic E-state index is 1.14. The van der Waals surface area contributed by atoms with Gasteiger partial charge in [0, 0.05) is 0 Å². The van der Waals surface area contributed by atoms with E-state index in [1.807, 2.05) is 0 Å². The van der Waals surface area contributed by atoms with Crippen molar-refractivity contribution in [1.82, 2.24) is 0 Å². The Labute approximate surface area is 67.6 Å². The minimum Gasteiger partial charge on any atom is -0.0795 e. The molecule has 2 rings (SSSR count). The third kappa shape index (κ3) is 0.988. The van der Waals surface area contributed by atoms with E-state index in [0.29, 0.717) is 0 Å². The van der Waals surface area contributed by atoms with Gasteiger partial charge in [-0.05, 0) is 29.5 Å². The minimum absolute atomic E-state index is 1.14. The molecular weight excluding hydrogens is 132 g/mol. The highest BCUT2D eigenvalue weighted by atomic mass is 14.1. The van der Waals surface area contributed by atoms with Crippen molar-refractivity contribution in [1.29, 1.82) is 0 Å². The largest absolute Gasteiger partial charge is 0.0795 e. The van der Waals surface area contributed by atoms with Gasteiger partial charge in [0.15, 0.2) is 0 Å². The van der Waals surface area contributed by atoms with Crippen LogP contribution < -0.4 is 0 Å². The van der Waals surface area contributed by atoms with Crippen molar-refractivity contribution in [2.24, 2.45) is 0 Å². The molecule has 0 aliphatic heterocycles. The Morgan fingerprint density at radius 1 is 1.36 bits per heavy atom. The maximum absolute atomic E-state index is 2.24. The number of fused-ring (bicyclic) bond motifs is 1. The van der Waals surface area contributed by atoms with E-state index in [0.717, 1.165) is 12.8 Å². The van der Waals surface area contributed by atoms with Crippen molar-refractivity contribution < 1.29 is 0 Å². The van der Waals surface area contributed by atoms with Gasteiger partial charge in [-0.1, -0.05) is 37.3 Å². The molecule has 0 radical (unpaired) electrons. The molecule has 0 N–H and O–H groups in total. The molecule has 0 nitrogen and oxygen atoms in total. The fourth-order valence-electron chi connectivity index (χ4n) is 1.69. The highest BCUT2D eigenvalue weighted by Gasteiger charge is 2.06. The predicted octanol–water partition coefficient (Wildman–Crippen LogP) is 2.82. The first-order valence-corrected chi connectivity index (χ1v) is 4.19. The lowest BCUT2D eigenvalue weighted by Gasteiger charge is -2.04. The lowest BCUT2D eigenvalue weighted by Crippen LogP contribution is -1.90. The zero-order valence-electron chi connectivity index (χ0n) is 6.80. The number of allylic oxidation sites excluding steroid dienone is 1. The van der Waals surface area contributed by atoms with Crippen molar-refractivity contribution in [3.63, 3.8) is 0 Å². The van der Waals surface area contributed by atoms with Crippen molar-refractivity contribution >= 4 is 6.08 Å². The number of rotatable bonds is 1. The Balaban J connectivity index is 2.55. The SMILES string of the molecule is CCc1cccc2c1CC=C2. The fraction of sp³-hybridized carbons (Fsp3) is 0.273. The van der Waals surface area contributed by atoms with Gasteiger partial charge in [-0.15, -0.1) is 0 Å². The third-order valence-corrected chi connectivity index (χ3v) is 2.31. The number of hydrogen-bond acceptors (Lipinski definition) is 0. The van der Waals surface area contributed by atoms with Gasteiger partial charge >= 0.3 is 0 Å². The summed E-state index contributed by atoms with van der Waals surface area (Å²) in [5.41, 5.74) is 4.46. The average Bonchev–Trinajstić information content (AvgIpc) is 2.50. The smallest absolute Gasteiger partial charge is 0.00854 e. The highest BCUT2D eigenvalue weighted by molar-refractivity contribution is 5.61. The van der Waals surface area contributed by atoms with Gasteiger partial charge < -0.3 is 0 Å². The molecule has 0 heteroatoms. The number of hydrogen-bond donors (Lipinski definition) is 0. The Hall–Kier alpha value is -1.04. The average molecular weight is 144 g/mol. The standard InChI is InChI=1S/C11H12/c1-2-9-5-3-6-10-7-4-8-11(9)10/h3-7H,2,8H2,1H3.